The predicted octanol–water partition coefficient (Wildman–Crippen LogP) is 0.960. The molecule has 5 heteroatoms. The van der Waals surface area contributed by atoms with Crippen LogP contribution in [0.5, 0.6) is 11.5 Å². The molecule has 0 saturated carbocycles. The van der Waals surface area contributed by atoms with Crippen LogP contribution in [-0.2, 0) is 4.74 Å². The fourth-order valence-electron chi connectivity index (χ4n) is 1.79. The Labute approximate surface area is 99.2 Å². The van der Waals surface area contributed by atoms with Gasteiger partial charge in [-0.25, -0.2) is 0 Å². The molecule has 1 heterocycles. The Hall–Kier alpha value is -1.75. The number of phenolic OH excluding ortho intramolecular Hbond substituents is 2. The van der Waals surface area contributed by atoms with Crippen LogP contribution in [0, 0.1) is 0 Å². The van der Waals surface area contributed by atoms with Crippen molar-refractivity contribution in [2.45, 2.75) is 6.42 Å². The van der Waals surface area contributed by atoms with Crippen molar-refractivity contribution in [1.82, 2.24) is 4.90 Å². The van der Waals surface area contributed by atoms with E-state index in [1.165, 1.54) is 18.2 Å². The van der Waals surface area contributed by atoms with Gasteiger partial charge in [-0.1, -0.05) is 0 Å². The molecule has 1 fully saturated rings. The third-order valence-electron chi connectivity index (χ3n) is 2.73. The van der Waals surface area contributed by atoms with Gasteiger partial charge >= 0.3 is 0 Å². The van der Waals surface area contributed by atoms with Crippen molar-refractivity contribution in [3.63, 3.8) is 0 Å². The van der Waals surface area contributed by atoms with E-state index in [0.29, 0.717) is 31.9 Å². The number of hydrogen-bond donors (Lipinski definition) is 2. The zero-order chi connectivity index (χ0) is 12.3. The Kier molecular flexibility index (Phi) is 3.49. The number of carbonyl (C=O) groups is 1. The summed E-state index contributed by atoms with van der Waals surface area (Å²) in [5, 5.41) is 18.5. The Bertz CT molecular complexity index is 411. The summed E-state index contributed by atoms with van der Waals surface area (Å²) in [7, 11) is 0. The topological polar surface area (TPSA) is 70.0 Å². The molecule has 5 nitrogen and oxygen atoms in total. The highest BCUT2D eigenvalue weighted by atomic mass is 16.5. The maximum atomic E-state index is 12.1. The summed E-state index contributed by atoms with van der Waals surface area (Å²) >= 11 is 0. The molecule has 1 aliphatic heterocycles. The average molecular weight is 237 g/mol. The Morgan fingerprint density at radius 3 is 2.76 bits per heavy atom. The summed E-state index contributed by atoms with van der Waals surface area (Å²) in [6.45, 7) is 2.42. The van der Waals surface area contributed by atoms with Gasteiger partial charge < -0.3 is 19.8 Å². The molecular weight excluding hydrogens is 222 g/mol. The minimum absolute atomic E-state index is 0.147. The normalized spacial score (nSPS) is 16.6. The SMILES string of the molecule is O=C(c1ccc(O)c(O)c1)N1CCCOCC1. The van der Waals surface area contributed by atoms with Gasteiger partial charge in [-0.05, 0) is 24.6 Å². The number of hydrogen-bond acceptors (Lipinski definition) is 4. The van der Waals surface area contributed by atoms with Crippen molar-refractivity contribution < 1.29 is 19.7 Å². The average Bonchev–Trinajstić information content (AvgIpc) is 2.60. The molecular formula is C12H15NO4. The second-order valence-electron chi connectivity index (χ2n) is 3.96. The van der Waals surface area contributed by atoms with Gasteiger partial charge in [0, 0.05) is 25.3 Å². The molecule has 1 aliphatic rings. The molecule has 2 rings (SSSR count). The van der Waals surface area contributed by atoms with E-state index in [-0.39, 0.29) is 17.4 Å². The number of benzene rings is 1. The van der Waals surface area contributed by atoms with Gasteiger partial charge in [0.1, 0.15) is 0 Å². The lowest BCUT2D eigenvalue weighted by atomic mass is 10.1. The van der Waals surface area contributed by atoms with Crippen LogP contribution >= 0.6 is 0 Å². The summed E-state index contributed by atoms with van der Waals surface area (Å²) in [5.74, 6) is -0.645. The number of amides is 1. The van der Waals surface area contributed by atoms with Crippen LogP contribution in [-0.4, -0.2) is 47.3 Å². The predicted molar refractivity (Wildman–Crippen MR) is 61.1 cm³/mol. The highest BCUT2D eigenvalue weighted by molar-refractivity contribution is 5.94. The zero-order valence-corrected chi connectivity index (χ0v) is 9.43. The number of phenols is 2. The van der Waals surface area contributed by atoms with Gasteiger partial charge in [0.05, 0.1) is 6.61 Å². The standard InChI is InChI=1S/C12H15NO4/c14-10-3-2-9(8-11(10)15)12(16)13-4-1-6-17-7-5-13/h2-3,8,14-15H,1,4-7H2. The number of ether oxygens (including phenoxy) is 1. The smallest absolute Gasteiger partial charge is 0.254 e. The zero-order valence-electron chi connectivity index (χ0n) is 9.43. The Morgan fingerprint density at radius 1 is 1.18 bits per heavy atom. The van der Waals surface area contributed by atoms with Crippen LogP contribution < -0.4 is 0 Å². The molecule has 0 radical (unpaired) electrons. The van der Waals surface area contributed by atoms with E-state index >= 15 is 0 Å². The highest BCUT2D eigenvalue weighted by Crippen LogP contribution is 2.25. The van der Waals surface area contributed by atoms with Gasteiger partial charge in [0.25, 0.3) is 5.91 Å². The van der Waals surface area contributed by atoms with E-state index in [4.69, 9.17) is 4.74 Å². The van der Waals surface area contributed by atoms with E-state index in [1.807, 2.05) is 0 Å². The Balaban J connectivity index is 2.14. The van der Waals surface area contributed by atoms with Crippen LogP contribution in [0.2, 0.25) is 0 Å². The summed E-state index contributed by atoms with van der Waals surface area (Å²) < 4.78 is 5.27. The van der Waals surface area contributed by atoms with Gasteiger partial charge in [-0.3, -0.25) is 4.79 Å². The van der Waals surface area contributed by atoms with Crippen LogP contribution in [0.15, 0.2) is 18.2 Å². The monoisotopic (exact) mass is 237 g/mol. The van der Waals surface area contributed by atoms with Crippen molar-refractivity contribution in [2.75, 3.05) is 26.3 Å². The second-order valence-corrected chi connectivity index (χ2v) is 3.96. The van der Waals surface area contributed by atoms with Crippen LogP contribution in [0.4, 0.5) is 0 Å². The summed E-state index contributed by atoms with van der Waals surface area (Å²) in [6, 6.07) is 4.10. The lowest BCUT2D eigenvalue weighted by Crippen LogP contribution is -2.33. The first-order valence-corrected chi connectivity index (χ1v) is 5.57. The first kappa shape index (κ1) is 11.7. The fourth-order valence-corrected chi connectivity index (χ4v) is 1.79. The third kappa shape index (κ3) is 2.68. The quantitative estimate of drug-likeness (QED) is 0.714. The molecule has 0 atom stereocenters. The Morgan fingerprint density at radius 2 is 2.00 bits per heavy atom. The first-order chi connectivity index (χ1) is 8.18. The third-order valence-corrected chi connectivity index (χ3v) is 2.73. The van der Waals surface area contributed by atoms with Gasteiger partial charge in [0.15, 0.2) is 11.5 Å². The maximum absolute atomic E-state index is 12.1. The molecule has 0 bridgehead atoms. The lowest BCUT2D eigenvalue weighted by Gasteiger charge is -2.19. The summed E-state index contributed by atoms with van der Waals surface area (Å²) in [5.41, 5.74) is 0.377. The van der Waals surface area contributed by atoms with Crippen molar-refractivity contribution in [3.8, 4) is 11.5 Å². The van der Waals surface area contributed by atoms with Gasteiger partial charge in [0.2, 0.25) is 0 Å². The van der Waals surface area contributed by atoms with Crippen molar-refractivity contribution in [3.05, 3.63) is 23.8 Å². The van der Waals surface area contributed by atoms with Gasteiger partial charge in [-0.15, -0.1) is 0 Å². The van der Waals surface area contributed by atoms with Crippen LogP contribution in [0.1, 0.15) is 16.8 Å². The van der Waals surface area contributed by atoms with E-state index in [2.05, 4.69) is 0 Å². The molecule has 0 spiro atoms. The van der Waals surface area contributed by atoms with E-state index in [1.54, 1.807) is 4.90 Å². The molecule has 1 aromatic carbocycles. The number of carbonyl (C=O) groups excluding carboxylic acids is 1. The summed E-state index contributed by atoms with van der Waals surface area (Å²) in [6.07, 6.45) is 0.815. The number of aromatic hydroxyl groups is 2. The van der Waals surface area contributed by atoms with Crippen LogP contribution in [0.25, 0.3) is 0 Å². The summed E-state index contributed by atoms with van der Waals surface area (Å²) in [4.78, 5) is 13.8. The largest absolute Gasteiger partial charge is 0.504 e. The second kappa shape index (κ2) is 5.05. The molecule has 1 saturated heterocycles. The maximum Gasteiger partial charge on any atom is 0.254 e. The molecule has 0 aliphatic carbocycles. The molecule has 1 amide bonds. The molecule has 92 valence electrons. The van der Waals surface area contributed by atoms with E-state index in [0.717, 1.165) is 6.42 Å². The van der Waals surface area contributed by atoms with Gasteiger partial charge in [-0.2, -0.15) is 0 Å². The van der Waals surface area contributed by atoms with Crippen molar-refractivity contribution >= 4 is 5.91 Å². The molecule has 0 unspecified atom stereocenters. The van der Waals surface area contributed by atoms with Crippen molar-refractivity contribution in [2.24, 2.45) is 0 Å². The molecule has 1 aromatic rings. The molecule has 0 aromatic heterocycles. The van der Waals surface area contributed by atoms with Crippen molar-refractivity contribution in [1.29, 1.82) is 0 Å². The minimum atomic E-state index is -0.276. The van der Waals surface area contributed by atoms with E-state index < -0.39 is 0 Å². The van der Waals surface area contributed by atoms with E-state index in [9.17, 15) is 15.0 Å². The fraction of sp³-hybridized carbons (Fsp3) is 0.417. The lowest BCUT2D eigenvalue weighted by molar-refractivity contribution is 0.0741. The highest BCUT2D eigenvalue weighted by Gasteiger charge is 2.18. The molecule has 17 heavy (non-hydrogen) atoms. The number of nitrogens with zero attached hydrogens (tertiary/aromatic N) is 1. The first-order valence-electron chi connectivity index (χ1n) is 5.57. The molecule has 2 N–H and O–H groups in total. The minimum Gasteiger partial charge on any atom is -0.504 e. The number of rotatable bonds is 1. The van der Waals surface area contributed by atoms with Crippen LogP contribution in [0.3, 0.4) is 0 Å².